The van der Waals surface area contributed by atoms with Gasteiger partial charge in [0.2, 0.25) is 5.91 Å². The van der Waals surface area contributed by atoms with E-state index in [1.165, 1.54) is 31.0 Å². The molecule has 1 aliphatic rings. The van der Waals surface area contributed by atoms with Crippen molar-refractivity contribution < 1.29 is 9.59 Å². The van der Waals surface area contributed by atoms with Gasteiger partial charge in [0.15, 0.2) is 5.16 Å². The Kier molecular flexibility index (Phi) is 6.04. The average Bonchev–Trinajstić information content (AvgIpc) is 2.85. The van der Waals surface area contributed by atoms with E-state index in [0.717, 1.165) is 23.8 Å². The van der Waals surface area contributed by atoms with Gasteiger partial charge in [0.1, 0.15) is 5.82 Å². The van der Waals surface area contributed by atoms with Crippen LogP contribution in [0.2, 0.25) is 0 Å². The maximum atomic E-state index is 12.2. The van der Waals surface area contributed by atoms with Gasteiger partial charge in [-0.1, -0.05) is 44.9 Å². The van der Waals surface area contributed by atoms with Gasteiger partial charge in [-0.05, 0) is 25.7 Å². The number of hydrogen-bond donors (Lipinski definition) is 2. The first-order valence-corrected chi connectivity index (χ1v) is 8.96. The molecule has 1 aliphatic carbocycles. The first-order valence-electron chi connectivity index (χ1n) is 8.08. The van der Waals surface area contributed by atoms with Crippen LogP contribution >= 0.6 is 11.8 Å². The Hall–Kier alpha value is -1.57. The first-order chi connectivity index (χ1) is 10.9. The van der Waals surface area contributed by atoms with Gasteiger partial charge >= 0.3 is 6.03 Å². The molecule has 8 heteroatoms. The number of primary amides is 1. The summed E-state index contributed by atoms with van der Waals surface area (Å²) in [6.45, 7) is 5.82. The van der Waals surface area contributed by atoms with E-state index in [-0.39, 0.29) is 11.8 Å². The Bertz CT molecular complexity index is 566. The molecule has 0 unspecified atom stereocenters. The van der Waals surface area contributed by atoms with Gasteiger partial charge in [-0.25, -0.2) is 4.79 Å². The molecule has 0 aliphatic heterocycles. The summed E-state index contributed by atoms with van der Waals surface area (Å²) in [5, 5.41) is 10.9. The zero-order valence-corrected chi connectivity index (χ0v) is 14.7. The molecule has 1 atom stereocenters. The number of urea groups is 1. The molecule has 0 saturated heterocycles. The molecular weight excluding hydrogens is 314 g/mol. The van der Waals surface area contributed by atoms with Gasteiger partial charge < -0.3 is 10.3 Å². The van der Waals surface area contributed by atoms with Gasteiger partial charge in [0.05, 0.1) is 5.25 Å². The number of nitrogens with two attached hydrogens (primary N) is 1. The highest BCUT2D eigenvalue weighted by atomic mass is 32.2. The second-order valence-electron chi connectivity index (χ2n) is 6.33. The summed E-state index contributed by atoms with van der Waals surface area (Å²) in [6, 6.07) is -0.431. The van der Waals surface area contributed by atoms with Crippen LogP contribution in [0.1, 0.15) is 57.8 Å². The van der Waals surface area contributed by atoms with Crippen molar-refractivity contribution in [3.8, 4) is 0 Å². The Morgan fingerprint density at radius 3 is 2.48 bits per heavy atom. The van der Waals surface area contributed by atoms with Crippen LogP contribution in [0.3, 0.4) is 0 Å². The van der Waals surface area contributed by atoms with E-state index in [1.54, 1.807) is 0 Å². The van der Waals surface area contributed by atoms with E-state index in [4.69, 9.17) is 5.73 Å². The lowest BCUT2D eigenvalue weighted by molar-refractivity contribution is -0.120. The van der Waals surface area contributed by atoms with Crippen molar-refractivity contribution in [2.75, 3.05) is 0 Å². The molecule has 1 aromatic heterocycles. The molecule has 1 saturated carbocycles. The summed E-state index contributed by atoms with van der Waals surface area (Å²) in [4.78, 5) is 23.2. The molecule has 1 aromatic rings. The van der Waals surface area contributed by atoms with Crippen molar-refractivity contribution in [3.05, 3.63) is 5.82 Å². The molecule has 3 amide bonds. The summed E-state index contributed by atoms with van der Waals surface area (Å²) in [5.74, 6) is 0.529. The second kappa shape index (κ2) is 7.81. The lowest BCUT2D eigenvalue weighted by Gasteiger charge is -2.26. The van der Waals surface area contributed by atoms with Crippen LogP contribution in [0.25, 0.3) is 0 Å². The Balaban J connectivity index is 2.20. The molecule has 23 heavy (non-hydrogen) atoms. The number of carbonyl (C=O) groups excluding carboxylic acids is 2. The van der Waals surface area contributed by atoms with E-state index in [9.17, 15) is 9.59 Å². The predicted molar refractivity (Wildman–Crippen MR) is 89.1 cm³/mol. The molecule has 0 radical (unpaired) electrons. The maximum absolute atomic E-state index is 12.2. The van der Waals surface area contributed by atoms with E-state index in [0.29, 0.717) is 6.04 Å². The van der Waals surface area contributed by atoms with Crippen molar-refractivity contribution in [1.82, 2.24) is 20.1 Å². The zero-order valence-electron chi connectivity index (χ0n) is 13.9. The Labute approximate surface area is 140 Å². The number of aromatic nitrogens is 3. The standard InChI is InChI=1S/C15H25N5O2S/c1-9(2)12(13(21)17-14(16)22)23-15-19-18-10(3)20(15)11-7-5-4-6-8-11/h9,11-12H,4-8H2,1-3H3,(H3,16,17,21,22)/t12-/m1/s1. The molecule has 3 N–H and O–H groups in total. The van der Waals surface area contributed by atoms with Crippen LogP contribution in [0, 0.1) is 12.8 Å². The van der Waals surface area contributed by atoms with Crippen molar-refractivity contribution >= 4 is 23.7 Å². The number of thioether (sulfide) groups is 1. The normalized spacial score (nSPS) is 17.2. The number of rotatable bonds is 5. The number of carbonyl (C=O) groups is 2. The fraction of sp³-hybridized carbons (Fsp3) is 0.733. The number of amides is 3. The summed E-state index contributed by atoms with van der Waals surface area (Å²) < 4.78 is 2.15. The number of hydrogen-bond acceptors (Lipinski definition) is 5. The largest absolute Gasteiger partial charge is 0.351 e. The molecule has 1 fully saturated rings. The Morgan fingerprint density at radius 1 is 1.26 bits per heavy atom. The van der Waals surface area contributed by atoms with Crippen molar-refractivity contribution in [3.63, 3.8) is 0 Å². The fourth-order valence-corrected chi connectivity index (χ4v) is 4.14. The Morgan fingerprint density at radius 2 is 1.91 bits per heavy atom. The van der Waals surface area contributed by atoms with Gasteiger partial charge in [-0.3, -0.25) is 10.1 Å². The molecular formula is C15H25N5O2S. The smallest absolute Gasteiger partial charge is 0.318 e. The number of aryl methyl sites for hydroxylation is 1. The molecule has 0 spiro atoms. The third-order valence-corrected chi connectivity index (χ3v) is 5.62. The minimum atomic E-state index is -0.828. The van der Waals surface area contributed by atoms with E-state index in [2.05, 4.69) is 20.1 Å². The van der Waals surface area contributed by atoms with E-state index in [1.807, 2.05) is 20.8 Å². The first kappa shape index (κ1) is 17.8. The van der Waals surface area contributed by atoms with Crippen molar-refractivity contribution in [1.29, 1.82) is 0 Å². The molecule has 0 bridgehead atoms. The molecule has 128 valence electrons. The van der Waals surface area contributed by atoms with Gasteiger partial charge in [0.25, 0.3) is 0 Å². The average molecular weight is 339 g/mol. The van der Waals surface area contributed by atoms with Gasteiger partial charge in [-0.15, -0.1) is 10.2 Å². The summed E-state index contributed by atoms with van der Waals surface area (Å²) in [7, 11) is 0. The lowest BCUT2D eigenvalue weighted by Crippen LogP contribution is -2.42. The van der Waals surface area contributed by atoms with Crippen molar-refractivity contribution in [2.45, 2.75) is 69.3 Å². The minimum Gasteiger partial charge on any atom is -0.351 e. The van der Waals surface area contributed by atoms with Gasteiger partial charge in [-0.2, -0.15) is 0 Å². The van der Waals surface area contributed by atoms with E-state index >= 15 is 0 Å². The quantitative estimate of drug-likeness (QED) is 0.802. The SMILES string of the molecule is Cc1nnc(S[C@@H](C(=O)NC(N)=O)C(C)C)n1C1CCCCC1. The van der Waals surface area contributed by atoms with Crippen LogP contribution in [-0.2, 0) is 4.79 Å². The second-order valence-corrected chi connectivity index (χ2v) is 7.44. The summed E-state index contributed by atoms with van der Waals surface area (Å²) in [6.07, 6.45) is 5.93. The molecule has 7 nitrogen and oxygen atoms in total. The highest BCUT2D eigenvalue weighted by Crippen LogP contribution is 2.35. The number of imide groups is 1. The third kappa shape index (κ3) is 4.46. The lowest BCUT2D eigenvalue weighted by atomic mass is 9.95. The van der Waals surface area contributed by atoms with Gasteiger partial charge in [0, 0.05) is 6.04 Å². The number of nitrogens with zero attached hydrogens (tertiary/aromatic N) is 3. The van der Waals surface area contributed by atoms with Crippen LogP contribution in [0.5, 0.6) is 0 Å². The molecule has 1 heterocycles. The predicted octanol–water partition coefficient (Wildman–Crippen LogP) is 2.40. The van der Waals surface area contributed by atoms with Crippen LogP contribution in [0.4, 0.5) is 4.79 Å². The van der Waals surface area contributed by atoms with Crippen LogP contribution in [0.15, 0.2) is 5.16 Å². The minimum absolute atomic E-state index is 0.0381. The summed E-state index contributed by atoms with van der Waals surface area (Å²) in [5.41, 5.74) is 5.06. The monoisotopic (exact) mass is 339 g/mol. The zero-order chi connectivity index (χ0) is 17.0. The fourth-order valence-electron chi connectivity index (χ4n) is 2.99. The maximum Gasteiger partial charge on any atom is 0.318 e. The molecule has 0 aromatic carbocycles. The van der Waals surface area contributed by atoms with Crippen molar-refractivity contribution in [2.24, 2.45) is 11.7 Å². The molecule has 2 rings (SSSR count). The topological polar surface area (TPSA) is 103 Å². The highest BCUT2D eigenvalue weighted by molar-refractivity contribution is 8.00. The number of nitrogens with one attached hydrogen (secondary N) is 1. The third-order valence-electron chi connectivity index (χ3n) is 4.12. The summed E-state index contributed by atoms with van der Waals surface area (Å²) >= 11 is 1.36. The van der Waals surface area contributed by atoms with E-state index < -0.39 is 11.3 Å². The van der Waals surface area contributed by atoms with Crippen LogP contribution < -0.4 is 11.1 Å². The van der Waals surface area contributed by atoms with Crippen LogP contribution in [-0.4, -0.2) is 32.0 Å². The highest BCUT2D eigenvalue weighted by Gasteiger charge is 2.29.